The van der Waals surface area contributed by atoms with Crippen molar-refractivity contribution in [1.29, 1.82) is 0 Å². The van der Waals surface area contributed by atoms with Gasteiger partial charge in [0.2, 0.25) is 0 Å². The second-order valence-corrected chi connectivity index (χ2v) is 6.64. The van der Waals surface area contributed by atoms with Crippen molar-refractivity contribution in [2.24, 2.45) is 14.1 Å². The van der Waals surface area contributed by atoms with Crippen LogP contribution >= 0.6 is 0 Å². The zero-order valence-corrected chi connectivity index (χ0v) is 14.2. The predicted octanol–water partition coefficient (Wildman–Crippen LogP) is 1.25. The number of hydrogen-bond donors (Lipinski definition) is 0. The molecule has 0 N–H and O–H groups in total. The fourth-order valence-corrected chi connectivity index (χ4v) is 3.87. The number of rotatable bonds is 2. The molecule has 128 valence electrons. The number of nitrogens with zero attached hydrogens (tertiary/aromatic N) is 5. The summed E-state index contributed by atoms with van der Waals surface area (Å²) in [4.78, 5) is 14.5. The fourth-order valence-electron chi connectivity index (χ4n) is 3.87. The molecule has 0 unspecified atom stereocenters. The van der Waals surface area contributed by atoms with Crippen molar-refractivity contribution in [2.75, 3.05) is 19.7 Å². The third kappa shape index (κ3) is 2.53. The predicted molar refractivity (Wildman–Crippen MR) is 87.7 cm³/mol. The Morgan fingerprint density at radius 1 is 1.25 bits per heavy atom. The van der Waals surface area contributed by atoms with E-state index in [2.05, 4.69) is 5.10 Å². The van der Waals surface area contributed by atoms with Gasteiger partial charge in [-0.3, -0.25) is 14.2 Å². The monoisotopic (exact) mass is 329 g/mol. The maximum atomic E-state index is 12.6. The fraction of sp³-hybridized carbons (Fsp3) is 0.588. The molecule has 0 aromatic carbocycles. The Morgan fingerprint density at radius 3 is 2.75 bits per heavy atom. The highest BCUT2D eigenvalue weighted by molar-refractivity contribution is 5.92. The molecule has 0 bridgehead atoms. The van der Waals surface area contributed by atoms with E-state index >= 15 is 0 Å². The van der Waals surface area contributed by atoms with Gasteiger partial charge in [-0.25, -0.2) is 0 Å². The number of amides is 1. The minimum Gasteiger partial charge on any atom is -0.376 e. The summed E-state index contributed by atoms with van der Waals surface area (Å²) in [5.74, 6) is 0.483. The van der Waals surface area contributed by atoms with E-state index in [1.54, 1.807) is 24.0 Å². The molecule has 2 aromatic heterocycles. The summed E-state index contributed by atoms with van der Waals surface area (Å²) in [6.45, 7) is 2.98. The molecule has 4 rings (SSSR count). The number of carbonyl (C=O) groups is 1. The van der Waals surface area contributed by atoms with Crippen LogP contribution in [0.3, 0.4) is 0 Å². The molecule has 24 heavy (non-hydrogen) atoms. The third-order valence-corrected chi connectivity index (χ3v) is 5.24. The van der Waals surface area contributed by atoms with E-state index in [-0.39, 0.29) is 5.91 Å². The van der Waals surface area contributed by atoms with Gasteiger partial charge in [0.15, 0.2) is 0 Å². The Bertz CT molecular complexity index is 755. The zero-order chi connectivity index (χ0) is 16.7. The van der Waals surface area contributed by atoms with Crippen molar-refractivity contribution < 1.29 is 9.53 Å². The van der Waals surface area contributed by atoms with Crippen LogP contribution in [-0.4, -0.2) is 50.1 Å². The first-order valence-corrected chi connectivity index (χ1v) is 8.55. The second-order valence-electron chi connectivity index (χ2n) is 6.64. The molecule has 1 fully saturated rings. The summed E-state index contributed by atoms with van der Waals surface area (Å²) in [5.41, 5.74) is 4.42. The minimum atomic E-state index is 0.0693. The van der Waals surface area contributed by atoms with E-state index in [1.165, 1.54) is 17.0 Å². The molecule has 0 radical (unpaired) electrons. The molecular weight excluding hydrogens is 306 g/mol. The van der Waals surface area contributed by atoms with E-state index in [4.69, 9.17) is 9.84 Å². The summed E-state index contributed by atoms with van der Waals surface area (Å²) in [7, 11) is 3.83. The van der Waals surface area contributed by atoms with Crippen molar-refractivity contribution in [3.05, 3.63) is 34.9 Å². The highest BCUT2D eigenvalue weighted by atomic mass is 16.5. The summed E-state index contributed by atoms with van der Waals surface area (Å²) < 4.78 is 9.29. The van der Waals surface area contributed by atoms with Crippen LogP contribution in [0.5, 0.6) is 0 Å². The minimum absolute atomic E-state index is 0.0693. The van der Waals surface area contributed by atoms with Gasteiger partial charge in [0.25, 0.3) is 5.91 Å². The molecule has 7 heteroatoms. The molecule has 1 amide bonds. The van der Waals surface area contributed by atoms with Crippen LogP contribution in [-0.2, 0) is 31.9 Å². The maximum absolute atomic E-state index is 12.6. The summed E-state index contributed by atoms with van der Waals surface area (Å²) in [6.07, 6.45) is 4.51. The Morgan fingerprint density at radius 2 is 2.04 bits per heavy atom. The number of fused-ring (bicyclic) bond motifs is 1. The van der Waals surface area contributed by atoms with Crippen LogP contribution < -0.4 is 0 Å². The Hall–Kier alpha value is -2.15. The molecule has 7 nitrogen and oxygen atoms in total. The Balaban J connectivity index is 1.47. The number of aryl methyl sites for hydroxylation is 2. The SMILES string of the molecule is Cn1nccc1C(=O)N1CCC(c2nn(C)c3c2COCC3)CC1. The lowest BCUT2D eigenvalue weighted by Crippen LogP contribution is -2.39. The first kappa shape index (κ1) is 15.4. The van der Waals surface area contributed by atoms with Crippen molar-refractivity contribution in [2.45, 2.75) is 31.8 Å². The van der Waals surface area contributed by atoms with Crippen LogP contribution in [0.4, 0.5) is 0 Å². The normalized spacial score (nSPS) is 18.7. The van der Waals surface area contributed by atoms with Gasteiger partial charge in [0.05, 0.1) is 18.9 Å². The van der Waals surface area contributed by atoms with Crippen LogP contribution in [0.25, 0.3) is 0 Å². The second kappa shape index (κ2) is 6.05. The van der Waals surface area contributed by atoms with E-state index in [9.17, 15) is 4.79 Å². The quantitative estimate of drug-likeness (QED) is 0.832. The van der Waals surface area contributed by atoms with Gasteiger partial charge in [-0.2, -0.15) is 10.2 Å². The largest absolute Gasteiger partial charge is 0.376 e. The lowest BCUT2D eigenvalue weighted by Gasteiger charge is -2.31. The zero-order valence-electron chi connectivity index (χ0n) is 14.2. The average molecular weight is 329 g/mol. The molecule has 2 aliphatic rings. The summed E-state index contributed by atoms with van der Waals surface area (Å²) in [5, 5.41) is 8.86. The smallest absolute Gasteiger partial charge is 0.272 e. The Labute approximate surface area is 141 Å². The average Bonchev–Trinajstić information content (AvgIpc) is 3.19. The maximum Gasteiger partial charge on any atom is 0.272 e. The lowest BCUT2D eigenvalue weighted by atomic mass is 9.90. The molecule has 4 heterocycles. The van der Waals surface area contributed by atoms with Crippen LogP contribution in [0, 0.1) is 0 Å². The van der Waals surface area contributed by atoms with E-state index in [0.29, 0.717) is 18.2 Å². The van der Waals surface area contributed by atoms with Crippen molar-refractivity contribution in [1.82, 2.24) is 24.5 Å². The van der Waals surface area contributed by atoms with Gasteiger partial charge >= 0.3 is 0 Å². The van der Waals surface area contributed by atoms with Gasteiger partial charge in [-0.1, -0.05) is 0 Å². The molecule has 0 atom stereocenters. The molecular formula is C17H23N5O2. The third-order valence-electron chi connectivity index (χ3n) is 5.24. The molecule has 2 aromatic rings. The summed E-state index contributed by atoms with van der Waals surface area (Å²) in [6, 6.07) is 1.78. The summed E-state index contributed by atoms with van der Waals surface area (Å²) >= 11 is 0. The van der Waals surface area contributed by atoms with Gasteiger partial charge < -0.3 is 9.64 Å². The van der Waals surface area contributed by atoms with Gasteiger partial charge in [-0.05, 0) is 18.9 Å². The molecule has 2 aliphatic heterocycles. The van der Waals surface area contributed by atoms with Crippen LogP contribution in [0.2, 0.25) is 0 Å². The number of likely N-dealkylation sites (tertiary alicyclic amines) is 1. The van der Waals surface area contributed by atoms with E-state index < -0.39 is 0 Å². The van der Waals surface area contributed by atoms with Crippen LogP contribution in [0.15, 0.2) is 12.3 Å². The highest BCUT2D eigenvalue weighted by Crippen LogP contribution is 2.33. The van der Waals surface area contributed by atoms with E-state index in [0.717, 1.165) is 39.0 Å². The number of hydrogen-bond acceptors (Lipinski definition) is 4. The van der Waals surface area contributed by atoms with Crippen molar-refractivity contribution in [3.8, 4) is 0 Å². The number of ether oxygens (including phenoxy) is 1. The standard InChI is InChI=1S/C17H23N5O2/c1-20-15(3-7-18-20)17(23)22-8-4-12(5-9-22)16-13-11-24-10-6-14(13)21(2)19-16/h3,7,12H,4-6,8-11H2,1-2H3. The topological polar surface area (TPSA) is 65.2 Å². The van der Waals surface area contributed by atoms with Gasteiger partial charge in [0, 0.05) is 57.0 Å². The van der Waals surface area contributed by atoms with Gasteiger partial charge in [0.1, 0.15) is 5.69 Å². The first-order chi connectivity index (χ1) is 11.6. The highest BCUT2D eigenvalue weighted by Gasteiger charge is 2.30. The molecule has 0 saturated carbocycles. The van der Waals surface area contributed by atoms with E-state index in [1.807, 2.05) is 16.6 Å². The van der Waals surface area contributed by atoms with Gasteiger partial charge in [-0.15, -0.1) is 0 Å². The van der Waals surface area contributed by atoms with Crippen molar-refractivity contribution in [3.63, 3.8) is 0 Å². The lowest BCUT2D eigenvalue weighted by molar-refractivity contribution is 0.0699. The van der Waals surface area contributed by atoms with Crippen molar-refractivity contribution >= 4 is 5.91 Å². The first-order valence-electron chi connectivity index (χ1n) is 8.55. The number of carbonyl (C=O) groups excluding carboxylic acids is 1. The number of aromatic nitrogens is 4. The Kier molecular flexibility index (Phi) is 3.88. The van der Waals surface area contributed by atoms with Crippen LogP contribution in [0.1, 0.15) is 46.2 Å². The number of piperidine rings is 1. The molecule has 1 saturated heterocycles. The molecule has 0 spiro atoms. The molecule has 0 aliphatic carbocycles.